The van der Waals surface area contributed by atoms with Gasteiger partial charge < -0.3 is 14.6 Å². The monoisotopic (exact) mass is 216 g/mol. The number of aliphatic hydroxyl groups excluding tert-OH is 1. The lowest BCUT2D eigenvalue weighted by atomic mass is 10.1. The predicted molar refractivity (Wildman–Crippen MR) is 55.4 cm³/mol. The van der Waals surface area contributed by atoms with Crippen molar-refractivity contribution in [3.8, 4) is 0 Å². The largest absolute Gasteiger partial charge is 0.466 e. The van der Waals surface area contributed by atoms with Crippen molar-refractivity contribution >= 4 is 5.97 Å². The van der Waals surface area contributed by atoms with Gasteiger partial charge in [0.15, 0.2) is 0 Å². The lowest BCUT2D eigenvalue weighted by molar-refractivity contribution is -0.141. The van der Waals surface area contributed by atoms with Crippen molar-refractivity contribution in [1.29, 1.82) is 0 Å². The quantitative estimate of drug-likeness (QED) is 0.555. The molecule has 0 aromatic rings. The van der Waals surface area contributed by atoms with Crippen LogP contribution in [0.15, 0.2) is 0 Å². The zero-order chi connectivity index (χ0) is 11.3. The Morgan fingerprint density at radius 2 is 2.33 bits per heavy atom. The second-order valence-electron chi connectivity index (χ2n) is 3.99. The molecule has 0 radical (unpaired) electrons. The van der Waals surface area contributed by atoms with E-state index < -0.39 is 0 Å². The van der Waals surface area contributed by atoms with Crippen molar-refractivity contribution in [2.24, 2.45) is 0 Å². The van der Waals surface area contributed by atoms with Crippen LogP contribution in [0.3, 0.4) is 0 Å². The van der Waals surface area contributed by atoms with Crippen molar-refractivity contribution < 1.29 is 19.4 Å². The van der Waals surface area contributed by atoms with Crippen LogP contribution in [0.1, 0.15) is 39.5 Å². The number of aliphatic hydroxyl groups is 1. The highest BCUT2D eigenvalue weighted by atomic mass is 16.5. The molecule has 0 amide bonds. The second-order valence-corrected chi connectivity index (χ2v) is 3.99. The van der Waals surface area contributed by atoms with Crippen molar-refractivity contribution in [1.82, 2.24) is 0 Å². The fraction of sp³-hybridized carbons (Fsp3) is 0.909. The van der Waals surface area contributed by atoms with Crippen molar-refractivity contribution in [2.75, 3.05) is 6.61 Å². The average Bonchev–Trinajstić information content (AvgIpc) is 2.54. The van der Waals surface area contributed by atoms with Crippen LogP contribution in [0.2, 0.25) is 0 Å². The maximum atomic E-state index is 10.5. The Bertz CT molecular complexity index is 205. The zero-order valence-corrected chi connectivity index (χ0v) is 9.44. The van der Waals surface area contributed by atoms with Gasteiger partial charge in [0.05, 0.1) is 24.9 Å². The third-order valence-corrected chi connectivity index (χ3v) is 2.69. The van der Waals surface area contributed by atoms with Crippen LogP contribution >= 0.6 is 0 Å². The van der Waals surface area contributed by atoms with Crippen LogP contribution in [0, 0.1) is 0 Å². The molecule has 3 atom stereocenters. The fourth-order valence-electron chi connectivity index (χ4n) is 1.84. The van der Waals surface area contributed by atoms with E-state index in [4.69, 9.17) is 9.47 Å². The van der Waals surface area contributed by atoms with Crippen LogP contribution in [-0.2, 0) is 14.3 Å². The van der Waals surface area contributed by atoms with Crippen LogP contribution < -0.4 is 0 Å². The van der Waals surface area contributed by atoms with E-state index in [2.05, 4.69) is 6.92 Å². The van der Waals surface area contributed by atoms with E-state index in [1.54, 1.807) is 0 Å². The summed E-state index contributed by atoms with van der Waals surface area (Å²) in [5, 5.41) is 9.67. The molecule has 1 saturated heterocycles. The van der Waals surface area contributed by atoms with Gasteiger partial charge in [0.2, 0.25) is 0 Å². The first-order valence-corrected chi connectivity index (χ1v) is 5.60. The van der Waals surface area contributed by atoms with Crippen LogP contribution in [0.25, 0.3) is 0 Å². The minimum absolute atomic E-state index is 0.0782. The van der Waals surface area contributed by atoms with Gasteiger partial charge in [-0.2, -0.15) is 0 Å². The summed E-state index contributed by atoms with van der Waals surface area (Å²) in [4.78, 5) is 10.5. The molecule has 4 heteroatoms. The van der Waals surface area contributed by atoms with Crippen molar-refractivity contribution in [3.05, 3.63) is 0 Å². The van der Waals surface area contributed by atoms with Crippen LogP contribution in [-0.4, -0.2) is 36.0 Å². The molecule has 0 bridgehead atoms. The summed E-state index contributed by atoms with van der Waals surface area (Å²) in [6, 6.07) is 0. The Morgan fingerprint density at radius 1 is 1.60 bits per heavy atom. The van der Waals surface area contributed by atoms with E-state index in [-0.39, 0.29) is 24.3 Å². The van der Waals surface area contributed by atoms with E-state index in [0.717, 1.165) is 25.7 Å². The van der Waals surface area contributed by atoms with Crippen LogP contribution in [0.4, 0.5) is 0 Å². The SMILES string of the molecule is CC[C@H]1C[C@@H](O)[C@@H](CCCOC(C)=O)O1. The zero-order valence-electron chi connectivity index (χ0n) is 9.44. The molecule has 4 nitrogen and oxygen atoms in total. The molecule has 0 spiro atoms. The molecule has 1 N–H and O–H groups in total. The van der Waals surface area contributed by atoms with Gasteiger partial charge >= 0.3 is 5.97 Å². The Balaban J connectivity index is 2.13. The van der Waals surface area contributed by atoms with E-state index >= 15 is 0 Å². The number of carbonyl (C=O) groups is 1. The first-order chi connectivity index (χ1) is 7.13. The minimum Gasteiger partial charge on any atom is -0.466 e. The summed E-state index contributed by atoms with van der Waals surface area (Å²) in [5.74, 6) is -0.255. The Labute approximate surface area is 90.6 Å². The van der Waals surface area contributed by atoms with E-state index in [9.17, 15) is 9.90 Å². The second kappa shape index (κ2) is 6.08. The molecule has 1 fully saturated rings. The molecule has 88 valence electrons. The third kappa shape index (κ3) is 4.18. The molecule has 1 aliphatic rings. The van der Waals surface area contributed by atoms with Gasteiger partial charge in [0, 0.05) is 13.3 Å². The molecule has 0 aromatic carbocycles. The molecule has 0 aliphatic carbocycles. The van der Waals surface area contributed by atoms with Crippen molar-refractivity contribution in [2.45, 2.75) is 57.8 Å². The van der Waals surface area contributed by atoms with E-state index in [0.29, 0.717) is 6.61 Å². The van der Waals surface area contributed by atoms with Gasteiger partial charge in [0.1, 0.15) is 0 Å². The number of carbonyl (C=O) groups excluding carboxylic acids is 1. The van der Waals surface area contributed by atoms with E-state index in [1.807, 2.05) is 0 Å². The van der Waals surface area contributed by atoms with E-state index in [1.165, 1.54) is 6.92 Å². The van der Waals surface area contributed by atoms with Gasteiger partial charge in [-0.15, -0.1) is 0 Å². The molecule has 1 rings (SSSR count). The third-order valence-electron chi connectivity index (χ3n) is 2.69. The predicted octanol–water partition coefficient (Wildman–Crippen LogP) is 1.26. The van der Waals surface area contributed by atoms with Crippen molar-refractivity contribution in [3.63, 3.8) is 0 Å². The Kier molecular flexibility index (Phi) is 5.05. The summed E-state index contributed by atoms with van der Waals surface area (Å²) < 4.78 is 10.5. The highest BCUT2D eigenvalue weighted by Gasteiger charge is 2.32. The molecule has 0 saturated carbocycles. The summed E-state index contributed by atoms with van der Waals surface area (Å²) >= 11 is 0. The number of esters is 1. The first kappa shape index (κ1) is 12.5. The van der Waals surface area contributed by atoms with Gasteiger partial charge in [-0.3, -0.25) is 4.79 Å². The Morgan fingerprint density at radius 3 is 2.87 bits per heavy atom. The van der Waals surface area contributed by atoms with Gasteiger partial charge in [-0.1, -0.05) is 6.92 Å². The maximum absolute atomic E-state index is 10.5. The first-order valence-electron chi connectivity index (χ1n) is 5.60. The summed E-state index contributed by atoms with van der Waals surface area (Å²) in [7, 11) is 0. The summed E-state index contributed by atoms with van der Waals surface area (Å²) in [6.07, 6.45) is 2.94. The normalized spacial score (nSPS) is 30.5. The van der Waals surface area contributed by atoms with Gasteiger partial charge in [-0.05, 0) is 19.3 Å². The highest BCUT2D eigenvalue weighted by Crippen LogP contribution is 2.25. The van der Waals surface area contributed by atoms with Gasteiger partial charge in [0.25, 0.3) is 0 Å². The molecular weight excluding hydrogens is 196 g/mol. The number of ether oxygens (including phenoxy) is 2. The number of hydrogen-bond acceptors (Lipinski definition) is 4. The summed E-state index contributed by atoms with van der Waals surface area (Å²) in [5.41, 5.74) is 0. The molecular formula is C11H20O4. The lowest BCUT2D eigenvalue weighted by Gasteiger charge is -2.14. The number of rotatable bonds is 5. The average molecular weight is 216 g/mol. The van der Waals surface area contributed by atoms with Gasteiger partial charge in [-0.25, -0.2) is 0 Å². The molecule has 15 heavy (non-hydrogen) atoms. The Hall–Kier alpha value is -0.610. The minimum atomic E-state index is -0.354. The molecule has 1 heterocycles. The smallest absolute Gasteiger partial charge is 0.302 e. The molecule has 0 aromatic heterocycles. The maximum Gasteiger partial charge on any atom is 0.302 e. The lowest BCUT2D eigenvalue weighted by Crippen LogP contribution is -2.21. The number of hydrogen-bond donors (Lipinski definition) is 1. The highest BCUT2D eigenvalue weighted by molar-refractivity contribution is 5.65. The van der Waals surface area contributed by atoms with Crippen LogP contribution in [0.5, 0.6) is 0 Å². The topological polar surface area (TPSA) is 55.8 Å². The fourth-order valence-corrected chi connectivity index (χ4v) is 1.84. The molecule has 0 unspecified atom stereocenters. The molecule has 1 aliphatic heterocycles. The standard InChI is InChI=1S/C11H20O4/c1-3-9-7-10(13)11(15-9)5-4-6-14-8(2)12/h9-11,13H,3-7H2,1-2H3/t9-,10+,11+/m0/s1. The summed E-state index contributed by atoms with van der Waals surface area (Å²) in [6.45, 7) is 3.87.